The van der Waals surface area contributed by atoms with Gasteiger partial charge < -0.3 is 4.74 Å². The standard InChI is InChI=1S/C18H17NO3S2/c1-2-22-15-7-3-13(4-8-15)17-11-23-12-18(17)14-5-9-16(10-6-14)24(19,20)21/h3-12H,2H2,1H3,(H2,19,20,21). The minimum Gasteiger partial charge on any atom is -0.494 e. The number of nitrogens with two attached hydrogens (primary N) is 1. The molecule has 3 rings (SSSR count). The van der Waals surface area contributed by atoms with E-state index in [0.717, 1.165) is 28.0 Å². The van der Waals surface area contributed by atoms with Crippen molar-refractivity contribution in [3.8, 4) is 28.0 Å². The highest BCUT2D eigenvalue weighted by Crippen LogP contribution is 2.36. The molecule has 0 bridgehead atoms. The fourth-order valence-electron chi connectivity index (χ4n) is 2.47. The Labute approximate surface area is 145 Å². The maximum absolute atomic E-state index is 11.4. The lowest BCUT2D eigenvalue weighted by Gasteiger charge is -2.07. The van der Waals surface area contributed by atoms with Crippen molar-refractivity contribution >= 4 is 21.4 Å². The molecule has 0 radical (unpaired) electrons. The van der Waals surface area contributed by atoms with Crippen LogP contribution >= 0.6 is 11.3 Å². The highest BCUT2D eigenvalue weighted by Gasteiger charge is 2.11. The zero-order valence-electron chi connectivity index (χ0n) is 13.1. The van der Waals surface area contributed by atoms with E-state index < -0.39 is 10.0 Å². The number of hydrogen-bond acceptors (Lipinski definition) is 4. The molecule has 4 nitrogen and oxygen atoms in total. The molecular weight excluding hydrogens is 342 g/mol. The molecule has 0 saturated carbocycles. The molecule has 0 saturated heterocycles. The molecule has 0 unspecified atom stereocenters. The molecule has 0 aliphatic rings. The second-order valence-corrected chi connectivity index (χ2v) is 7.53. The molecular formula is C18H17NO3S2. The Bertz CT molecular complexity index is 927. The van der Waals surface area contributed by atoms with Crippen molar-refractivity contribution in [2.24, 2.45) is 5.14 Å². The molecule has 3 aromatic rings. The van der Waals surface area contributed by atoms with Crippen molar-refractivity contribution < 1.29 is 13.2 Å². The number of primary sulfonamides is 1. The van der Waals surface area contributed by atoms with E-state index in [1.807, 2.05) is 31.2 Å². The minimum atomic E-state index is -3.67. The molecule has 0 aliphatic heterocycles. The summed E-state index contributed by atoms with van der Waals surface area (Å²) in [4.78, 5) is 0.115. The van der Waals surface area contributed by atoms with E-state index in [4.69, 9.17) is 9.88 Å². The predicted octanol–water partition coefficient (Wildman–Crippen LogP) is 4.13. The molecule has 0 fully saturated rings. The van der Waals surface area contributed by atoms with Crippen molar-refractivity contribution in [2.75, 3.05) is 6.61 Å². The van der Waals surface area contributed by atoms with Crippen LogP contribution in [-0.4, -0.2) is 15.0 Å². The highest BCUT2D eigenvalue weighted by molar-refractivity contribution is 7.89. The van der Waals surface area contributed by atoms with E-state index in [1.54, 1.807) is 23.5 Å². The second-order valence-electron chi connectivity index (χ2n) is 5.23. The summed E-state index contributed by atoms with van der Waals surface area (Å²) in [6.07, 6.45) is 0. The van der Waals surface area contributed by atoms with Crippen molar-refractivity contribution in [3.63, 3.8) is 0 Å². The van der Waals surface area contributed by atoms with Crippen molar-refractivity contribution in [1.82, 2.24) is 0 Å². The van der Waals surface area contributed by atoms with Crippen LogP contribution in [0.15, 0.2) is 64.2 Å². The molecule has 6 heteroatoms. The first-order chi connectivity index (χ1) is 11.5. The van der Waals surface area contributed by atoms with E-state index in [0.29, 0.717) is 6.61 Å². The van der Waals surface area contributed by atoms with Crippen LogP contribution in [0.1, 0.15) is 6.92 Å². The Morgan fingerprint density at radius 3 is 1.88 bits per heavy atom. The molecule has 124 valence electrons. The molecule has 1 heterocycles. The Hall–Kier alpha value is -2.15. The summed E-state index contributed by atoms with van der Waals surface area (Å²) >= 11 is 1.61. The third kappa shape index (κ3) is 3.51. The molecule has 2 aromatic carbocycles. The van der Waals surface area contributed by atoms with Gasteiger partial charge in [-0.25, -0.2) is 13.6 Å². The Balaban J connectivity index is 1.95. The number of hydrogen-bond donors (Lipinski definition) is 1. The van der Waals surface area contributed by atoms with Crippen molar-refractivity contribution in [3.05, 3.63) is 59.3 Å². The van der Waals surface area contributed by atoms with Gasteiger partial charge in [-0.2, -0.15) is 11.3 Å². The van der Waals surface area contributed by atoms with Crippen molar-refractivity contribution in [1.29, 1.82) is 0 Å². The van der Waals surface area contributed by atoms with Gasteiger partial charge in [0.1, 0.15) is 5.75 Å². The van der Waals surface area contributed by atoms with Gasteiger partial charge in [0.2, 0.25) is 10.0 Å². The fraction of sp³-hybridized carbons (Fsp3) is 0.111. The summed E-state index contributed by atoms with van der Waals surface area (Å²) in [7, 11) is -3.67. The van der Waals surface area contributed by atoms with Crippen molar-refractivity contribution in [2.45, 2.75) is 11.8 Å². The quantitative estimate of drug-likeness (QED) is 0.745. The molecule has 1 aromatic heterocycles. The summed E-state index contributed by atoms with van der Waals surface area (Å²) in [6, 6.07) is 14.6. The van der Waals surface area contributed by atoms with Gasteiger partial charge in [-0.1, -0.05) is 24.3 Å². The number of thiophene rings is 1. The molecule has 0 amide bonds. The van der Waals surface area contributed by atoms with E-state index in [9.17, 15) is 8.42 Å². The van der Waals surface area contributed by atoms with Gasteiger partial charge in [-0.3, -0.25) is 0 Å². The Morgan fingerprint density at radius 2 is 1.42 bits per heavy atom. The number of ether oxygens (including phenoxy) is 1. The van der Waals surface area contributed by atoms with Gasteiger partial charge in [-0.15, -0.1) is 0 Å². The van der Waals surface area contributed by atoms with E-state index in [-0.39, 0.29) is 4.90 Å². The van der Waals surface area contributed by atoms with Crippen LogP contribution in [0.25, 0.3) is 22.3 Å². The lowest BCUT2D eigenvalue weighted by atomic mass is 9.99. The first-order valence-corrected chi connectivity index (χ1v) is 9.90. The van der Waals surface area contributed by atoms with Gasteiger partial charge in [-0.05, 0) is 53.1 Å². The van der Waals surface area contributed by atoms with Crippen LogP contribution in [0.2, 0.25) is 0 Å². The van der Waals surface area contributed by atoms with E-state index >= 15 is 0 Å². The third-order valence-electron chi connectivity index (χ3n) is 3.63. The fourth-order valence-corrected chi connectivity index (χ4v) is 3.85. The van der Waals surface area contributed by atoms with Crippen LogP contribution in [0, 0.1) is 0 Å². The Morgan fingerprint density at radius 1 is 0.917 bits per heavy atom. The lowest BCUT2D eigenvalue weighted by Crippen LogP contribution is -2.11. The second kappa shape index (κ2) is 6.76. The minimum absolute atomic E-state index is 0.115. The van der Waals surface area contributed by atoms with E-state index in [2.05, 4.69) is 10.8 Å². The predicted molar refractivity (Wildman–Crippen MR) is 97.7 cm³/mol. The maximum Gasteiger partial charge on any atom is 0.238 e. The lowest BCUT2D eigenvalue weighted by molar-refractivity contribution is 0.340. The molecule has 0 spiro atoms. The monoisotopic (exact) mass is 359 g/mol. The van der Waals surface area contributed by atoms with Crippen LogP contribution in [0.5, 0.6) is 5.75 Å². The average Bonchev–Trinajstić information content (AvgIpc) is 3.05. The summed E-state index contributed by atoms with van der Waals surface area (Å²) in [5.41, 5.74) is 4.20. The van der Waals surface area contributed by atoms with Gasteiger partial charge in [0.25, 0.3) is 0 Å². The summed E-state index contributed by atoms with van der Waals surface area (Å²) in [5.74, 6) is 0.843. The van der Waals surface area contributed by atoms with Crippen LogP contribution in [0.3, 0.4) is 0 Å². The molecule has 2 N–H and O–H groups in total. The smallest absolute Gasteiger partial charge is 0.238 e. The van der Waals surface area contributed by atoms with Crippen LogP contribution in [0.4, 0.5) is 0 Å². The number of sulfonamides is 1. The number of rotatable bonds is 5. The van der Waals surface area contributed by atoms with Crippen LogP contribution in [-0.2, 0) is 10.0 Å². The topological polar surface area (TPSA) is 69.4 Å². The summed E-state index contributed by atoms with van der Waals surface area (Å²) in [5, 5.41) is 9.28. The maximum atomic E-state index is 11.4. The summed E-state index contributed by atoms with van der Waals surface area (Å²) in [6.45, 7) is 2.59. The zero-order valence-corrected chi connectivity index (χ0v) is 14.7. The number of benzene rings is 2. The van der Waals surface area contributed by atoms with Gasteiger partial charge in [0, 0.05) is 11.1 Å². The van der Waals surface area contributed by atoms with Crippen LogP contribution < -0.4 is 9.88 Å². The Kier molecular flexibility index (Phi) is 4.71. The highest BCUT2D eigenvalue weighted by atomic mass is 32.2. The van der Waals surface area contributed by atoms with Gasteiger partial charge in [0.05, 0.1) is 11.5 Å². The third-order valence-corrected chi connectivity index (χ3v) is 5.30. The largest absolute Gasteiger partial charge is 0.494 e. The SMILES string of the molecule is CCOc1ccc(-c2cscc2-c2ccc(S(N)(=O)=O)cc2)cc1. The first kappa shape index (κ1) is 16.7. The van der Waals surface area contributed by atoms with E-state index in [1.165, 1.54) is 12.1 Å². The van der Waals surface area contributed by atoms with Gasteiger partial charge in [0.15, 0.2) is 0 Å². The van der Waals surface area contributed by atoms with Gasteiger partial charge >= 0.3 is 0 Å². The molecule has 0 aliphatic carbocycles. The normalized spacial score (nSPS) is 11.4. The first-order valence-electron chi connectivity index (χ1n) is 7.41. The average molecular weight is 359 g/mol. The summed E-state index contributed by atoms with van der Waals surface area (Å²) < 4.78 is 28.2. The zero-order chi connectivity index (χ0) is 17.2. The molecule has 24 heavy (non-hydrogen) atoms. The molecule has 0 atom stereocenters.